The number of hydrogen-bond donors (Lipinski definition) is 2. The third-order valence-corrected chi connectivity index (χ3v) is 5.33. The summed E-state index contributed by atoms with van der Waals surface area (Å²) in [5.74, 6) is -0.627. The molecule has 2 aromatic carbocycles. The third kappa shape index (κ3) is 4.27. The van der Waals surface area contributed by atoms with E-state index >= 15 is 0 Å². The molecule has 2 aromatic heterocycles. The van der Waals surface area contributed by atoms with Crippen molar-refractivity contribution in [2.75, 3.05) is 36.8 Å². The lowest BCUT2D eigenvalue weighted by Crippen LogP contribution is -2.23. The van der Waals surface area contributed by atoms with Gasteiger partial charge in [0.05, 0.1) is 29.7 Å². The molecule has 0 atom stereocenters. The van der Waals surface area contributed by atoms with E-state index < -0.39 is 11.7 Å². The Morgan fingerprint density at radius 1 is 1.24 bits per heavy atom. The molecule has 9 heteroatoms. The largest absolute Gasteiger partial charge is 0.494 e. The second-order valence-corrected chi connectivity index (χ2v) is 7.83. The molecule has 2 N–H and O–H groups in total. The Bertz CT molecular complexity index is 1400. The number of hydrogen-bond acceptors (Lipinski definition) is 6. The molecule has 8 nitrogen and oxygen atoms in total. The maximum Gasteiger partial charge on any atom is 0.247 e. The summed E-state index contributed by atoms with van der Waals surface area (Å²) in [6.07, 6.45) is 4.82. The maximum atomic E-state index is 14.4. The van der Waals surface area contributed by atoms with E-state index in [1.165, 1.54) is 19.2 Å². The summed E-state index contributed by atoms with van der Waals surface area (Å²) < 4.78 is 21.8. The lowest BCUT2D eigenvalue weighted by atomic mass is 10.1. The standard InChI is InChI=1S/C25H25FN6O2/c1-6-23(33)28-19-12-20(22(34-5)11-18(19)26)29-25-27-13-15(2)24(30-25)17-14-32(31(3)4)21-10-8-7-9-16(17)21/h6-14H,1H2,2-5H3,(H,28,33)(H,27,29,30). The number of rotatable bonds is 7. The first kappa shape index (κ1) is 22.8. The minimum absolute atomic E-state index is 0.0189. The normalized spacial score (nSPS) is 10.7. The van der Waals surface area contributed by atoms with E-state index in [1.54, 1.807) is 6.20 Å². The van der Waals surface area contributed by atoms with Gasteiger partial charge < -0.3 is 20.4 Å². The monoisotopic (exact) mass is 460 g/mol. The van der Waals surface area contributed by atoms with Crippen molar-refractivity contribution in [3.8, 4) is 17.0 Å². The molecule has 0 saturated heterocycles. The summed E-state index contributed by atoms with van der Waals surface area (Å²) >= 11 is 0. The smallest absolute Gasteiger partial charge is 0.247 e. The van der Waals surface area contributed by atoms with Gasteiger partial charge in [-0.15, -0.1) is 0 Å². The number of ether oxygens (including phenoxy) is 1. The van der Waals surface area contributed by atoms with Crippen molar-refractivity contribution in [3.05, 3.63) is 72.8 Å². The van der Waals surface area contributed by atoms with Crippen LogP contribution < -0.4 is 20.4 Å². The molecule has 0 spiro atoms. The highest BCUT2D eigenvalue weighted by Gasteiger charge is 2.17. The summed E-state index contributed by atoms with van der Waals surface area (Å²) in [7, 11) is 5.37. The van der Waals surface area contributed by atoms with Gasteiger partial charge in [0.25, 0.3) is 0 Å². The van der Waals surface area contributed by atoms with E-state index in [0.29, 0.717) is 11.6 Å². The van der Waals surface area contributed by atoms with Crippen molar-refractivity contribution in [2.45, 2.75) is 6.92 Å². The molecule has 0 bridgehead atoms. The van der Waals surface area contributed by atoms with Crippen molar-refractivity contribution in [1.29, 1.82) is 0 Å². The number of aryl methyl sites for hydroxylation is 1. The number of nitrogens with zero attached hydrogens (tertiary/aromatic N) is 4. The second-order valence-electron chi connectivity index (χ2n) is 7.83. The number of carbonyl (C=O) groups is 1. The first-order valence-corrected chi connectivity index (χ1v) is 10.5. The average Bonchev–Trinajstić information content (AvgIpc) is 3.22. The van der Waals surface area contributed by atoms with E-state index in [-0.39, 0.29) is 11.4 Å². The van der Waals surface area contributed by atoms with Crippen molar-refractivity contribution in [2.24, 2.45) is 0 Å². The van der Waals surface area contributed by atoms with Crippen LogP contribution >= 0.6 is 0 Å². The second kappa shape index (κ2) is 9.22. The molecule has 174 valence electrons. The van der Waals surface area contributed by atoms with Crippen LogP contribution in [0, 0.1) is 12.7 Å². The lowest BCUT2D eigenvalue weighted by molar-refractivity contribution is -0.111. The van der Waals surface area contributed by atoms with Crippen LogP contribution in [0.2, 0.25) is 0 Å². The highest BCUT2D eigenvalue weighted by molar-refractivity contribution is 5.99. The van der Waals surface area contributed by atoms with Crippen LogP contribution in [0.15, 0.2) is 61.4 Å². The molecule has 0 unspecified atom stereocenters. The first-order chi connectivity index (χ1) is 16.3. The molecule has 0 aliphatic heterocycles. The van der Waals surface area contributed by atoms with Crippen LogP contribution in [0.4, 0.5) is 21.7 Å². The van der Waals surface area contributed by atoms with Crippen molar-refractivity contribution in [1.82, 2.24) is 14.6 Å². The maximum absolute atomic E-state index is 14.4. The molecule has 0 radical (unpaired) electrons. The van der Waals surface area contributed by atoms with Crippen molar-refractivity contribution in [3.63, 3.8) is 0 Å². The lowest BCUT2D eigenvalue weighted by Gasteiger charge is -2.15. The number of amides is 1. The zero-order valence-electron chi connectivity index (χ0n) is 19.4. The Morgan fingerprint density at radius 3 is 2.71 bits per heavy atom. The highest BCUT2D eigenvalue weighted by Crippen LogP contribution is 2.34. The minimum Gasteiger partial charge on any atom is -0.494 e. The van der Waals surface area contributed by atoms with Gasteiger partial charge in [0.15, 0.2) is 5.82 Å². The van der Waals surface area contributed by atoms with Gasteiger partial charge in [-0.05, 0) is 30.7 Å². The molecule has 0 saturated carbocycles. The Balaban J connectivity index is 1.78. The SMILES string of the molecule is C=CC(=O)Nc1cc(Nc2ncc(C)c(-c3cn(N(C)C)c4ccccc34)n2)c(OC)cc1F. The molecule has 4 aromatic rings. The number of anilines is 3. The van der Waals surface area contributed by atoms with Gasteiger partial charge in [-0.1, -0.05) is 24.8 Å². The van der Waals surface area contributed by atoms with E-state index in [1.807, 2.05) is 44.4 Å². The van der Waals surface area contributed by atoms with Gasteiger partial charge in [0.2, 0.25) is 11.9 Å². The zero-order valence-corrected chi connectivity index (χ0v) is 19.4. The van der Waals surface area contributed by atoms with Crippen LogP contribution in [-0.2, 0) is 4.79 Å². The topological polar surface area (TPSA) is 84.3 Å². The number of carbonyl (C=O) groups excluding carboxylic acids is 1. The molecule has 34 heavy (non-hydrogen) atoms. The number of nitrogens with one attached hydrogen (secondary N) is 2. The number of methoxy groups -OCH3 is 1. The Hall–Kier alpha value is -4.40. The van der Waals surface area contributed by atoms with Gasteiger partial charge in [-0.2, -0.15) is 0 Å². The number of para-hydroxylation sites is 1. The molecule has 4 rings (SSSR count). The Morgan fingerprint density at radius 2 is 2.00 bits per heavy atom. The molecular weight excluding hydrogens is 435 g/mol. The number of fused-ring (bicyclic) bond motifs is 1. The molecule has 0 aliphatic carbocycles. The molecule has 2 heterocycles. The molecular formula is C25H25FN6O2. The summed E-state index contributed by atoms with van der Waals surface area (Å²) in [5, 5.41) is 8.57. The molecule has 0 aliphatic rings. The number of halogens is 1. The summed E-state index contributed by atoms with van der Waals surface area (Å²) in [6, 6.07) is 10.7. The number of aromatic nitrogens is 3. The van der Waals surface area contributed by atoms with Crippen LogP contribution in [0.5, 0.6) is 5.75 Å². The summed E-state index contributed by atoms with van der Waals surface area (Å²) in [5.41, 5.74) is 4.05. The van der Waals surface area contributed by atoms with Gasteiger partial charge >= 0.3 is 0 Å². The fourth-order valence-electron chi connectivity index (χ4n) is 3.68. The van der Waals surface area contributed by atoms with Gasteiger partial charge in [0.1, 0.15) is 5.75 Å². The van der Waals surface area contributed by atoms with Crippen LogP contribution in [-0.4, -0.2) is 41.8 Å². The summed E-state index contributed by atoms with van der Waals surface area (Å²) in [6.45, 7) is 5.34. The van der Waals surface area contributed by atoms with E-state index in [0.717, 1.165) is 33.8 Å². The van der Waals surface area contributed by atoms with Crippen LogP contribution in [0.25, 0.3) is 22.2 Å². The molecule has 0 fully saturated rings. The predicted molar refractivity (Wildman–Crippen MR) is 133 cm³/mol. The number of benzene rings is 2. The van der Waals surface area contributed by atoms with Crippen LogP contribution in [0.3, 0.4) is 0 Å². The van der Waals surface area contributed by atoms with Crippen molar-refractivity contribution < 1.29 is 13.9 Å². The van der Waals surface area contributed by atoms with E-state index in [9.17, 15) is 9.18 Å². The Kier molecular flexibility index (Phi) is 6.18. The van der Waals surface area contributed by atoms with E-state index in [4.69, 9.17) is 9.72 Å². The fourth-order valence-corrected chi connectivity index (χ4v) is 3.68. The quantitative estimate of drug-likeness (QED) is 0.392. The minimum atomic E-state index is -0.639. The van der Waals surface area contributed by atoms with Gasteiger partial charge in [-0.3, -0.25) is 9.47 Å². The van der Waals surface area contributed by atoms with Crippen LogP contribution in [0.1, 0.15) is 5.56 Å². The Labute approximate surface area is 196 Å². The fraction of sp³-hybridized carbons (Fsp3) is 0.160. The zero-order chi connectivity index (χ0) is 24.4. The molecule has 1 amide bonds. The first-order valence-electron chi connectivity index (χ1n) is 10.5. The third-order valence-electron chi connectivity index (χ3n) is 5.33. The van der Waals surface area contributed by atoms with E-state index in [2.05, 4.69) is 39.0 Å². The van der Waals surface area contributed by atoms with Crippen molar-refractivity contribution >= 4 is 34.1 Å². The highest BCUT2D eigenvalue weighted by atomic mass is 19.1. The average molecular weight is 461 g/mol. The predicted octanol–water partition coefficient (Wildman–Crippen LogP) is 4.62. The van der Waals surface area contributed by atoms with Gasteiger partial charge in [-0.25, -0.2) is 14.4 Å². The van der Waals surface area contributed by atoms with Gasteiger partial charge in [0, 0.05) is 43.5 Å². The summed E-state index contributed by atoms with van der Waals surface area (Å²) in [4.78, 5) is 20.8.